The van der Waals surface area contributed by atoms with Crippen LogP contribution in [0.5, 0.6) is 0 Å². The van der Waals surface area contributed by atoms with Crippen molar-refractivity contribution in [1.29, 1.82) is 0 Å². The number of nitrogens with one attached hydrogen (secondary N) is 2. The van der Waals surface area contributed by atoms with Crippen LogP contribution in [0.2, 0.25) is 5.02 Å². The molecule has 0 spiro atoms. The first-order valence-corrected chi connectivity index (χ1v) is 6.84. The molecule has 6 heteroatoms. The summed E-state index contributed by atoms with van der Waals surface area (Å²) in [5, 5.41) is 15.1. The van der Waals surface area contributed by atoms with Crippen LogP contribution in [-0.4, -0.2) is 29.6 Å². The SMILES string of the molecule is CC(C)NCCCC(=O)Nc1cc(C(=O)O)ccc1Cl. The molecule has 0 aliphatic carbocycles. The predicted molar refractivity (Wildman–Crippen MR) is 79.4 cm³/mol. The Balaban J connectivity index is 2.53. The van der Waals surface area contributed by atoms with Gasteiger partial charge in [-0.2, -0.15) is 0 Å². The first-order valence-electron chi connectivity index (χ1n) is 6.46. The zero-order valence-corrected chi connectivity index (χ0v) is 12.3. The Morgan fingerprint density at radius 1 is 1.35 bits per heavy atom. The molecule has 1 aromatic rings. The van der Waals surface area contributed by atoms with Crippen molar-refractivity contribution in [1.82, 2.24) is 5.32 Å². The molecule has 0 fully saturated rings. The highest BCUT2D eigenvalue weighted by Crippen LogP contribution is 2.23. The number of anilines is 1. The molecule has 3 N–H and O–H groups in total. The average molecular weight is 299 g/mol. The second-order valence-corrected chi connectivity index (χ2v) is 5.17. The van der Waals surface area contributed by atoms with Gasteiger partial charge in [0.1, 0.15) is 0 Å². The largest absolute Gasteiger partial charge is 0.478 e. The summed E-state index contributed by atoms with van der Waals surface area (Å²) >= 11 is 5.93. The number of carbonyl (C=O) groups is 2. The number of benzene rings is 1. The van der Waals surface area contributed by atoms with Gasteiger partial charge in [-0.05, 0) is 31.2 Å². The lowest BCUT2D eigenvalue weighted by atomic mass is 10.2. The number of carboxylic acids is 1. The Hall–Kier alpha value is -1.59. The summed E-state index contributed by atoms with van der Waals surface area (Å²) in [6, 6.07) is 4.60. The zero-order chi connectivity index (χ0) is 15.1. The third-order valence-electron chi connectivity index (χ3n) is 2.62. The number of carbonyl (C=O) groups excluding carboxylic acids is 1. The fourth-order valence-corrected chi connectivity index (χ4v) is 1.77. The molecule has 0 saturated carbocycles. The van der Waals surface area contributed by atoms with E-state index >= 15 is 0 Å². The summed E-state index contributed by atoms with van der Waals surface area (Å²) in [6.45, 7) is 4.84. The van der Waals surface area contributed by atoms with E-state index in [1.54, 1.807) is 0 Å². The number of rotatable bonds is 7. The van der Waals surface area contributed by atoms with E-state index in [1.165, 1.54) is 18.2 Å². The first-order chi connectivity index (χ1) is 9.40. The van der Waals surface area contributed by atoms with Crippen LogP contribution < -0.4 is 10.6 Å². The van der Waals surface area contributed by atoms with Crippen molar-refractivity contribution in [2.24, 2.45) is 0 Å². The molecule has 0 saturated heterocycles. The minimum atomic E-state index is -1.06. The highest BCUT2D eigenvalue weighted by Gasteiger charge is 2.10. The number of halogens is 1. The molecule has 0 radical (unpaired) electrons. The molecule has 0 unspecified atom stereocenters. The van der Waals surface area contributed by atoms with E-state index in [0.717, 1.165) is 6.54 Å². The van der Waals surface area contributed by atoms with Crippen LogP contribution in [0, 0.1) is 0 Å². The minimum absolute atomic E-state index is 0.0891. The monoisotopic (exact) mass is 298 g/mol. The Labute approximate surface area is 123 Å². The summed E-state index contributed by atoms with van der Waals surface area (Å²) in [4.78, 5) is 22.6. The summed E-state index contributed by atoms with van der Waals surface area (Å²) in [6.07, 6.45) is 1.06. The van der Waals surface area contributed by atoms with Crippen LogP contribution in [0.1, 0.15) is 37.0 Å². The van der Waals surface area contributed by atoms with Gasteiger partial charge >= 0.3 is 5.97 Å². The molecule has 0 heterocycles. The minimum Gasteiger partial charge on any atom is -0.478 e. The van der Waals surface area contributed by atoms with Crippen molar-refractivity contribution in [2.45, 2.75) is 32.7 Å². The van der Waals surface area contributed by atoms with E-state index in [2.05, 4.69) is 10.6 Å². The smallest absolute Gasteiger partial charge is 0.335 e. The second-order valence-electron chi connectivity index (χ2n) is 4.76. The molecule has 0 aromatic heterocycles. The lowest BCUT2D eigenvalue weighted by Crippen LogP contribution is -2.24. The van der Waals surface area contributed by atoms with Crippen LogP contribution >= 0.6 is 11.6 Å². The molecule has 1 amide bonds. The van der Waals surface area contributed by atoms with E-state index in [0.29, 0.717) is 29.6 Å². The van der Waals surface area contributed by atoms with Gasteiger partial charge in [0, 0.05) is 12.5 Å². The van der Waals surface area contributed by atoms with Gasteiger partial charge in [-0.15, -0.1) is 0 Å². The fourth-order valence-electron chi connectivity index (χ4n) is 1.61. The van der Waals surface area contributed by atoms with Gasteiger partial charge in [-0.25, -0.2) is 4.79 Å². The molecule has 5 nitrogen and oxygen atoms in total. The quantitative estimate of drug-likeness (QED) is 0.676. The van der Waals surface area contributed by atoms with Gasteiger partial charge in [0.2, 0.25) is 5.91 Å². The zero-order valence-electron chi connectivity index (χ0n) is 11.6. The molecule has 0 atom stereocenters. The molecule has 20 heavy (non-hydrogen) atoms. The topological polar surface area (TPSA) is 78.4 Å². The normalized spacial score (nSPS) is 10.6. The van der Waals surface area contributed by atoms with Crippen molar-refractivity contribution < 1.29 is 14.7 Å². The molecule has 0 aliphatic rings. The average Bonchev–Trinajstić information content (AvgIpc) is 2.37. The van der Waals surface area contributed by atoms with Crippen LogP contribution in [0.25, 0.3) is 0 Å². The van der Waals surface area contributed by atoms with Gasteiger partial charge in [0.15, 0.2) is 0 Å². The summed E-state index contributed by atoms with van der Waals surface area (Å²) in [7, 11) is 0. The molecule has 1 aromatic carbocycles. The number of hydrogen-bond acceptors (Lipinski definition) is 3. The Kier molecular flexibility index (Phi) is 6.48. The summed E-state index contributed by atoms with van der Waals surface area (Å²) < 4.78 is 0. The van der Waals surface area contributed by atoms with Gasteiger partial charge in [0.25, 0.3) is 0 Å². The van der Waals surface area contributed by atoms with Crippen LogP contribution in [0.3, 0.4) is 0 Å². The van der Waals surface area contributed by atoms with Crippen molar-refractivity contribution in [2.75, 3.05) is 11.9 Å². The Morgan fingerprint density at radius 3 is 2.65 bits per heavy atom. The van der Waals surface area contributed by atoms with Crippen molar-refractivity contribution >= 4 is 29.2 Å². The van der Waals surface area contributed by atoms with Crippen LogP contribution in [-0.2, 0) is 4.79 Å². The van der Waals surface area contributed by atoms with E-state index in [-0.39, 0.29) is 11.5 Å². The number of carboxylic acid groups (broad SMARTS) is 1. The van der Waals surface area contributed by atoms with Gasteiger partial charge in [0.05, 0.1) is 16.3 Å². The summed E-state index contributed by atoms with van der Waals surface area (Å²) in [5.74, 6) is -1.24. The second kappa shape index (κ2) is 7.87. The van der Waals surface area contributed by atoms with E-state index in [4.69, 9.17) is 16.7 Å². The molecule has 110 valence electrons. The van der Waals surface area contributed by atoms with E-state index in [1.807, 2.05) is 13.8 Å². The van der Waals surface area contributed by atoms with Crippen molar-refractivity contribution in [3.05, 3.63) is 28.8 Å². The van der Waals surface area contributed by atoms with E-state index < -0.39 is 5.97 Å². The lowest BCUT2D eigenvalue weighted by Gasteiger charge is -2.09. The molecule has 0 bridgehead atoms. The molecule has 1 rings (SSSR count). The number of amides is 1. The summed E-state index contributed by atoms with van der Waals surface area (Å²) in [5.41, 5.74) is 0.416. The van der Waals surface area contributed by atoms with Crippen LogP contribution in [0.4, 0.5) is 5.69 Å². The first kappa shape index (κ1) is 16.5. The van der Waals surface area contributed by atoms with Crippen LogP contribution in [0.15, 0.2) is 18.2 Å². The lowest BCUT2D eigenvalue weighted by molar-refractivity contribution is -0.116. The van der Waals surface area contributed by atoms with Gasteiger partial charge in [-0.1, -0.05) is 25.4 Å². The molecular formula is C14H19ClN2O3. The third kappa shape index (κ3) is 5.59. The Morgan fingerprint density at radius 2 is 2.05 bits per heavy atom. The molecule has 0 aliphatic heterocycles. The van der Waals surface area contributed by atoms with Crippen molar-refractivity contribution in [3.63, 3.8) is 0 Å². The number of hydrogen-bond donors (Lipinski definition) is 3. The highest BCUT2D eigenvalue weighted by molar-refractivity contribution is 6.33. The van der Waals surface area contributed by atoms with Crippen molar-refractivity contribution in [3.8, 4) is 0 Å². The van der Waals surface area contributed by atoms with Gasteiger partial charge in [-0.3, -0.25) is 4.79 Å². The number of aromatic carboxylic acids is 1. The maximum Gasteiger partial charge on any atom is 0.335 e. The molecular weight excluding hydrogens is 280 g/mol. The standard InChI is InChI=1S/C14H19ClN2O3/c1-9(2)16-7-3-4-13(18)17-12-8-10(14(19)20)5-6-11(12)15/h5-6,8-9,16H,3-4,7H2,1-2H3,(H,17,18)(H,19,20). The maximum absolute atomic E-state index is 11.7. The Bertz CT molecular complexity index is 489. The maximum atomic E-state index is 11.7. The van der Waals surface area contributed by atoms with Gasteiger partial charge < -0.3 is 15.7 Å². The van der Waals surface area contributed by atoms with E-state index in [9.17, 15) is 9.59 Å². The third-order valence-corrected chi connectivity index (χ3v) is 2.95. The highest BCUT2D eigenvalue weighted by atomic mass is 35.5. The predicted octanol–water partition coefficient (Wildman–Crippen LogP) is 2.75. The fraction of sp³-hybridized carbons (Fsp3) is 0.429.